The Morgan fingerprint density at radius 2 is 1.96 bits per heavy atom. The van der Waals surface area contributed by atoms with E-state index in [1.165, 1.54) is 4.31 Å². The Hall–Kier alpha value is -1.05. The number of rotatable bonds is 6. The number of piperidine rings is 1. The van der Waals surface area contributed by atoms with Gasteiger partial charge in [0.1, 0.15) is 0 Å². The molecule has 1 aliphatic rings. The van der Waals surface area contributed by atoms with Crippen LogP contribution >= 0.6 is 11.8 Å². The van der Waals surface area contributed by atoms with Gasteiger partial charge in [0.2, 0.25) is 10.0 Å². The Bertz CT molecular complexity index is 672. The molecule has 1 saturated heterocycles. The highest BCUT2D eigenvalue weighted by Crippen LogP contribution is 2.40. The van der Waals surface area contributed by atoms with Gasteiger partial charge < -0.3 is 5.11 Å². The quantitative estimate of drug-likeness (QED) is 0.832. The number of hydrogen-bond donors (Lipinski definition) is 1. The summed E-state index contributed by atoms with van der Waals surface area (Å²) in [6, 6.07) is 7.52. The Morgan fingerprint density at radius 3 is 2.46 bits per heavy atom. The number of hydrogen-bond acceptors (Lipinski definition) is 4. The van der Waals surface area contributed by atoms with Gasteiger partial charge >= 0.3 is 5.97 Å². The number of aliphatic carboxylic acids is 1. The Kier molecular flexibility index (Phi) is 6.33. The molecule has 134 valence electrons. The summed E-state index contributed by atoms with van der Waals surface area (Å²) in [6.45, 7) is 4.08. The van der Waals surface area contributed by atoms with E-state index in [2.05, 4.69) is 6.92 Å². The zero-order chi connectivity index (χ0) is 17.9. The number of nitrogens with zero attached hydrogens (tertiary/aromatic N) is 1. The van der Waals surface area contributed by atoms with E-state index in [9.17, 15) is 18.3 Å². The van der Waals surface area contributed by atoms with Gasteiger partial charge in [0.25, 0.3) is 0 Å². The third kappa shape index (κ3) is 4.52. The van der Waals surface area contributed by atoms with Gasteiger partial charge in [0.05, 0.1) is 18.2 Å². The third-order valence-corrected chi connectivity index (χ3v) is 7.22. The van der Waals surface area contributed by atoms with Crippen LogP contribution in [0.1, 0.15) is 36.9 Å². The smallest absolute Gasteiger partial charge is 0.308 e. The normalized spacial score (nSPS) is 25.5. The van der Waals surface area contributed by atoms with Crippen LogP contribution in [0.3, 0.4) is 0 Å². The largest absolute Gasteiger partial charge is 0.481 e. The van der Waals surface area contributed by atoms with Crippen molar-refractivity contribution in [3.05, 3.63) is 35.4 Å². The lowest BCUT2D eigenvalue weighted by Crippen LogP contribution is -2.49. The molecular weight excluding hydrogens is 346 g/mol. The molecule has 1 heterocycles. The van der Waals surface area contributed by atoms with Crippen molar-refractivity contribution in [3.63, 3.8) is 0 Å². The molecule has 0 amide bonds. The summed E-state index contributed by atoms with van der Waals surface area (Å²) in [5, 5.41) is 9.47. The van der Waals surface area contributed by atoms with Crippen molar-refractivity contribution in [2.45, 2.75) is 38.0 Å². The molecule has 1 aromatic rings. The first-order valence-electron chi connectivity index (χ1n) is 8.11. The first kappa shape index (κ1) is 19.3. The molecule has 5 nitrogen and oxygen atoms in total. The predicted molar refractivity (Wildman–Crippen MR) is 97.7 cm³/mol. The van der Waals surface area contributed by atoms with Crippen LogP contribution in [-0.4, -0.2) is 47.6 Å². The molecule has 0 saturated carbocycles. The van der Waals surface area contributed by atoms with Crippen LogP contribution in [0, 0.1) is 12.8 Å². The molecule has 3 atom stereocenters. The second-order valence-corrected chi connectivity index (χ2v) is 9.63. The van der Waals surface area contributed by atoms with E-state index in [0.29, 0.717) is 6.42 Å². The van der Waals surface area contributed by atoms with Crippen molar-refractivity contribution < 1.29 is 18.3 Å². The van der Waals surface area contributed by atoms with Gasteiger partial charge in [0.15, 0.2) is 0 Å². The van der Waals surface area contributed by atoms with Crippen molar-refractivity contribution in [2.24, 2.45) is 5.92 Å². The maximum absolute atomic E-state index is 12.3. The standard InChI is InChI=1S/C17H25NO4S2/c1-4-9-23-16-10-15(13-7-5-12(2)6-8-13)18(24(3,21)22)11-14(16)17(19)20/h5-8,14-16H,4,9-11H2,1-3H3,(H,19,20)/t14-,15+,16-/m1/s1. The lowest BCUT2D eigenvalue weighted by Gasteiger charge is -2.41. The summed E-state index contributed by atoms with van der Waals surface area (Å²) in [5.41, 5.74) is 2.04. The van der Waals surface area contributed by atoms with E-state index in [-0.39, 0.29) is 17.8 Å². The number of carboxylic acids is 1. The number of thioether (sulfide) groups is 1. The number of carboxylic acid groups (broad SMARTS) is 1. The average molecular weight is 372 g/mol. The second kappa shape index (κ2) is 7.89. The van der Waals surface area contributed by atoms with Crippen LogP contribution in [0.25, 0.3) is 0 Å². The first-order chi connectivity index (χ1) is 11.2. The highest BCUT2D eigenvalue weighted by atomic mass is 32.2. The van der Waals surface area contributed by atoms with Crippen molar-refractivity contribution in [2.75, 3.05) is 18.6 Å². The second-order valence-electron chi connectivity index (χ2n) is 6.35. The molecule has 24 heavy (non-hydrogen) atoms. The molecule has 0 aliphatic carbocycles. The van der Waals surface area contributed by atoms with Crippen LogP contribution < -0.4 is 0 Å². The fourth-order valence-corrected chi connectivity index (χ4v) is 5.48. The van der Waals surface area contributed by atoms with E-state index in [1.54, 1.807) is 11.8 Å². The molecule has 1 N–H and O–H groups in total. The van der Waals surface area contributed by atoms with E-state index in [1.807, 2.05) is 31.2 Å². The lowest BCUT2D eigenvalue weighted by atomic mass is 9.90. The zero-order valence-electron chi connectivity index (χ0n) is 14.3. The zero-order valence-corrected chi connectivity index (χ0v) is 15.9. The number of benzene rings is 1. The van der Waals surface area contributed by atoms with Gasteiger partial charge in [-0.15, -0.1) is 0 Å². The molecular formula is C17H25NO4S2. The van der Waals surface area contributed by atoms with Gasteiger partial charge in [-0.05, 0) is 31.1 Å². The van der Waals surface area contributed by atoms with Gasteiger partial charge in [-0.1, -0.05) is 36.8 Å². The van der Waals surface area contributed by atoms with Crippen LogP contribution in [0.5, 0.6) is 0 Å². The minimum atomic E-state index is -3.48. The van der Waals surface area contributed by atoms with Gasteiger partial charge in [-0.3, -0.25) is 4.79 Å². The Morgan fingerprint density at radius 1 is 1.33 bits per heavy atom. The maximum Gasteiger partial charge on any atom is 0.308 e. The van der Waals surface area contributed by atoms with Crippen molar-refractivity contribution in [3.8, 4) is 0 Å². The monoisotopic (exact) mass is 371 g/mol. The van der Waals surface area contributed by atoms with E-state index in [0.717, 1.165) is 29.6 Å². The molecule has 0 radical (unpaired) electrons. The van der Waals surface area contributed by atoms with Crippen LogP contribution in [-0.2, 0) is 14.8 Å². The molecule has 0 bridgehead atoms. The average Bonchev–Trinajstić information content (AvgIpc) is 2.51. The fraction of sp³-hybridized carbons (Fsp3) is 0.588. The highest BCUT2D eigenvalue weighted by Gasteiger charge is 2.43. The predicted octanol–water partition coefficient (Wildman–Crippen LogP) is 2.91. The number of sulfonamides is 1. The Labute approximate surface area is 148 Å². The summed E-state index contributed by atoms with van der Waals surface area (Å²) in [5.74, 6) is -0.703. The highest BCUT2D eigenvalue weighted by molar-refractivity contribution is 7.99. The number of aryl methyl sites for hydroxylation is 1. The molecule has 1 fully saturated rings. The molecule has 1 aliphatic heterocycles. The summed E-state index contributed by atoms with van der Waals surface area (Å²) in [7, 11) is -3.48. The molecule has 1 aromatic carbocycles. The van der Waals surface area contributed by atoms with Gasteiger partial charge in [-0.25, -0.2) is 8.42 Å². The molecule has 7 heteroatoms. The van der Waals surface area contributed by atoms with Crippen LogP contribution in [0.15, 0.2) is 24.3 Å². The van der Waals surface area contributed by atoms with Crippen molar-refractivity contribution >= 4 is 27.8 Å². The summed E-state index contributed by atoms with van der Waals surface area (Å²) in [4.78, 5) is 11.7. The van der Waals surface area contributed by atoms with E-state index < -0.39 is 21.9 Å². The number of carbonyl (C=O) groups is 1. The fourth-order valence-electron chi connectivity index (χ4n) is 3.09. The third-order valence-electron chi connectivity index (χ3n) is 4.37. The molecule has 0 unspecified atom stereocenters. The van der Waals surface area contributed by atoms with Gasteiger partial charge in [0, 0.05) is 11.8 Å². The van der Waals surface area contributed by atoms with Crippen LogP contribution in [0.4, 0.5) is 0 Å². The van der Waals surface area contributed by atoms with E-state index in [4.69, 9.17) is 0 Å². The summed E-state index contributed by atoms with van der Waals surface area (Å²) in [6.07, 6.45) is 2.66. The maximum atomic E-state index is 12.3. The molecule has 2 rings (SSSR count). The van der Waals surface area contributed by atoms with Gasteiger partial charge in [-0.2, -0.15) is 16.1 Å². The first-order valence-corrected chi connectivity index (χ1v) is 11.0. The topological polar surface area (TPSA) is 74.7 Å². The van der Waals surface area contributed by atoms with Crippen molar-refractivity contribution in [1.82, 2.24) is 4.31 Å². The van der Waals surface area contributed by atoms with Crippen LogP contribution in [0.2, 0.25) is 0 Å². The van der Waals surface area contributed by atoms with Crippen molar-refractivity contribution in [1.29, 1.82) is 0 Å². The SMILES string of the molecule is CCCS[C@@H]1C[C@@H](c2ccc(C)cc2)N(S(C)(=O)=O)C[C@H]1C(=O)O. The summed E-state index contributed by atoms with van der Waals surface area (Å²) >= 11 is 1.65. The lowest BCUT2D eigenvalue weighted by molar-refractivity contribution is -0.143. The minimum Gasteiger partial charge on any atom is -0.481 e. The minimum absolute atomic E-state index is 0.0358. The molecule has 0 spiro atoms. The Balaban J connectivity index is 2.37. The summed E-state index contributed by atoms with van der Waals surface area (Å²) < 4.78 is 25.9. The van der Waals surface area contributed by atoms with E-state index >= 15 is 0 Å². The molecule has 0 aromatic heterocycles.